The highest BCUT2D eigenvalue weighted by molar-refractivity contribution is 5.46. The van der Waals surface area contributed by atoms with Gasteiger partial charge in [-0.2, -0.15) is 18.2 Å². The zero-order valence-corrected chi connectivity index (χ0v) is 9.11. The summed E-state index contributed by atoms with van der Waals surface area (Å²) in [5.41, 5.74) is 6.51. The van der Waals surface area contributed by atoms with Gasteiger partial charge in [0.1, 0.15) is 12.1 Å². The smallest absolute Gasteiger partial charge is 0.332 e. The second kappa shape index (κ2) is 4.73. The zero-order chi connectivity index (χ0) is 13.2. The highest BCUT2D eigenvalue weighted by Crippen LogP contribution is 2.21. The lowest BCUT2D eigenvalue weighted by molar-refractivity contribution is -0.128. The Balaban J connectivity index is 2.18. The minimum Gasteiger partial charge on any atom is -0.332 e. The van der Waals surface area contributed by atoms with Gasteiger partial charge in [-0.25, -0.2) is 0 Å². The van der Waals surface area contributed by atoms with Gasteiger partial charge in [-0.05, 0) is 11.6 Å². The lowest BCUT2D eigenvalue weighted by atomic mass is 10.2. The van der Waals surface area contributed by atoms with Crippen LogP contribution in [0, 0.1) is 0 Å². The predicted octanol–water partition coefficient (Wildman–Crippen LogP) is 1.70. The van der Waals surface area contributed by atoms with Gasteiger partial charge in [0, 0.05) is 12.7 Å². The number of halogens is 3. The lowest BCUT2D eigenvalue weighted by Gasteiger charge is -1.99. The second-order valence-electron chi connectivity index (χ2n) is 3.56. The number of hydrogen-bond donors (Lipinski definition) is 1. The Morgan fingerprint density at radius 1 is 1.28 bits per heavy atom. The quantitative estimate of drug-likeness (QED) is 0.906. The minimum absolute atomic E-state index is 0.0437. The highest BCUT2D eigenvalue weighted by atomic mass is 19.4. The van der Waals surface area contributed by atoms with Gasteiger partial charge < -0.3 is 10.3 Å². The third kappa shape index (κ3) is 3.04. The Labute approximate surface area is 99.8 Å². The van der Waals surface area contributed by atoms with Crippen molar-refractivity contribution >= 4 is 0 Å². The molecule has 2 N–H and O–H groups in total. The molecule has 0 aliphatic rings. The molecule has 0 fully saturated rings. The number of hydrogen-bond acceptors (Lipinski definition) is 5. The van der Waals surface area contributed by atoms with Crippen LogP contribution in [0.1, 0.15) is 11.4 Å². The summed E-state index contributed by atoms with van der Waals surface area (Å²) in [6.45, 7) is 0.330. The van der Waals surface area contributed by atoms with Crippen molar-refractivity contribution in [2.75, 3.05) is 0 Å². The van der Waals surface area contributed by atoms with E-state index in [4.69, 9.17) is 10.3 Å². The normalized spacial score (nSPS) is 11.8. The maximum absolute atomic E-state index is 12.1. The molecule has 96 valence electrons. The summed E-state index contributed by atoms with van der Waals surface area (Å²) in [7, 11) is 0. The molecule has 0 aliphatic heterocycles. The van der Waals surface area contributed by atoms with Crippen LogP contribution < -0.4 is 5.73 Å². The van der Waals surface area contributed by atoms with Crippen molar-refractivity contribution in [1.82, 2.24) is 15.1 Å². The maximum atomic E-state index is 12.1. The Bertz CT molecular complexity index is 521. The molecule has 0 saturated heterocycles. The van der Waals surface area contributed by atoms with E-state index in [9.17, 15) is 13.2 Å². The van der Waals surface area contributed by atoms with Crippen LogP contribution in [-0.4, -0.2) is 21.3 Å². The van der Waals surface area contributed by atoms with E-state index in [1.165, 1.54) is 6.20 Å². The molecule has 18 heavy (non-hydrogen) atoms. The Hall–Kier alpha value is -1.96. The SMILES string of the molecule is NCc1ccc(-c2nc(CC(F)(F)F)no2)nc1. The molecule has 2 aromatic heterocycles. The van der Waals surface area contributed by atoms with Crippen LogP contribution in [0.3, 0.4) is 0 Å². The molecule has 0 unspecified atom stereocenters. The average molecular weight is 258 g/mol. The Kier molecular flexibility index (Phi) is 3.28. The predicted molar refractivity (Wildman–Crippen MR) is 55.2 cm³/mol. The van der Waals surface area contributed by atoms with Gasteiger partial charge in [0.15, 0.2) is 5.82 Å². The van der Waals surface area contributed by atoms with E-state index >= 15 is 0 Å². The summed E-state index contributed by atoms with van der Waals surface area (Å²) in [5, 5.41) is 3.25. The first-order valence-corrected chi connectivity index (χ1v) is 5.02. The molecular weight excluding hydrogens is 249 g/mol. The summed E-state index contributed by atoms with van der Waals surface area (Å²) in [5.74, 6) is -0.458. The van der Waals surface area contributed by atoms with Crippen molar-refractivity contribution in [3.63, 3.8) is 0 Å². The first kappa shape index (κ1) is 12.5. The summed E-state index contributed by atoms with van der Waals surface area (Å²) in [6.07, 6.45) is -4.08. The fourth-order valence-electron chi connectivity index (χ4n) is 1.28. The van der Waals surface area contributed by atoms with Crippen molar-refractivity contribution in [1.29, 1.82) is 0 Å². The van der Waals surface area contributed by atoms with E-state index in [1.807, 2.05) is 0 Å². The van der Waals surface area contributed by atoms with E-state index in [2.05, 4.69) is 15.1 Å². The van der Waals surface area contributed by atoms with Crippen molar-refractivity contribution in [2.24, 2.45) is 5.73 Å². The van der Waals surface area contributed by atoms with Gasteiger partial charge in [-0.3, -0.25) is 4.98 Å². The van der Waals surface area contributed by atoms with Crippen molar-refractivity contribution in [3.8, 4) is 11.6 Å². The molecule has 0 atom stereocenters. The number of alkyl halides is 3. The summed E-state index contributed by atoms with van der Waals surface area (Å²) >= 11 is 0. The molecule has 2 rings (SSSR count). The van der Waals surface area contributed by atoms with Gasteiger partial charge in [-0.15, -0.1) is 0 Å². The number of rotatable bonds is 3. The molecule has 0 aliphatic carbocycles. The highest BCUT2D eigenvalue weighted by Gasteiger charge is 2.30. The van der Waals surface area contributed by atoms with Crippen LogP contribution in [0.15, 0.2) is 22.9 Å². The Morgan fingerprint density at radius 3 is 2.61 bits per heavy atom. The molecule has 0 bridgehead atoms. The van der Waals surface area contributed by atoms with Gasteiger partial charge in [0.2, 0.25) is 0 Å². The average Bonchev–Trinajstić information content (AvgIpc) is 2.75. The monoisotopic (exact) mass is 258 g/mol. The molecule has 0 aromatic carbocycles. The molecule has 5 nitrogen and oxygen atoms in total. The zero-order valence-electron chi connectivity index (χ0n) is 9.11. The van der Waals surface area contributed by atoms with Crippen molar-refractivity contribution in [3.05, 3.63) is 29.7 Å². The van der Waals surface area contributed by atoms with Gasteiger partial charge in [0.05, 0.1) is 0 Å². The molecule has 0 amide bonds. The lowest BCUT2D eigenvalue weighted by Crippen LogP contribution is -2.12. The summed E-state index contributed by atoms with van der Waals surface area (Å²) in [6, 6.07) is 3.25. The molecule has 0 spiro atoms. The standard InChI is InChI=1S/C10H9F3N4O/c11-10(12,13)3-8-16-9(18-17-8)7-2-1-6(4-14)5-15-7/h1-2,5H,3-4,14H2. The van der Waals surface area contributed by atoms with Crippen LogP contribution >= 0.6 is 0 Å². The topological polar surface area (TPSA) is 77.8 Å². The fourth-order valence-corrected chi connectivity index (χ4v) is 1.28. The summed E-state index contributed by atoms with van der Waals surface area (Å²) in [4.78, 5) is 7.60. The third-order valence-corrected chi connectivity index (χ3v) is 2.11. The maximum Gasteiger partial charge on any atom is 0.396 e. The van der Waals surface area contributed by atoms with Gasteiger partial charge >= 0.3 is 6.18 Å². The van der Waals surface area contributed by atoms with E-state index < -0.39 is 18.4 Å². The molecule has 0 radical (unpaired) electrons. The second-order valence-corrected chi connectivity index (χ2v) is 3.56. The van der Waals surface area contributed by atoms with E-state index in [1.54, 1.807) is 12.1 Å². The van der Waals surface area contributed by atoms with E-state index in [0.717, 1.165) is 5.56 Å². The number of pyridine rings is 1. The minimum atomic E-state index is -4.36. The summed E-state index contributed by atoms with van der Waals surface area (Å²) < 4.78 is 41.0. The van der Waals surface area contributed by atoms with Crippen LogP contribution in [0.2, 0.25) is 0 Å². The van der Waals surface area contributed by atoms with Gasteiger partial charge in [0.25, 0.3) is 5.89 Å². The largest absolute Gasteiger partial charge is 0.396 e. The van der Waals surface area contributed by atoms with E-state index in [0.29, 0.717) is 12.2 Å². The van der Waals surface area contributed by atoms with Crippen molar-refractivity contribution in [2.45, 2.75) is 19.1 Å². The molecule has 0 saturated carbocycles. The number of nitrogens with zero attached hydrogens (tertiary/aromatic N) is 3. The van der Waals surface area contributed by atoms with Crippen LogP contribution in [0.25, 0.3) is 11.6 Å². The molecule has 8 heteroatoms. The van der Waals surface area contributed by atoms with E-state index in [-0.39, 0.29) is 5.89 Å². The fraction of sp³-hybridized carbons (Fsp3) is 0.300. The van der Waals surface area contributed by atoms with Crippen LogP contribution in [-0.2, 0) is 13.0 Å². The number of aromatic nitrogens is 3. The third-order valence-electron chi connectivity index (χ3n) is 2.11. The van der Waals surface area contributed by atoms with Crippen LogP contribution in [0.5, 0.6) is 0 Å². The Morgan fingerprint density at radius 2 is 2.06 bits per heavy atom. The first-order chi connectivity index (χ1) is 8.48. The van der Waals surface area contributed by atoms with Crippen LogP contribution in [0.4, 0.5) is 13.2 Å². The van der Waals surface area contributed by atoms with Gasteiger partial charge in [-0.1, -0.05) is 11.2 Å². The molecule has 2 aromatic rings. The molecule has 2 heterocycles. The first-order valence-electron chi connectivity index (χ1n) is 5.02. The molecular formula is C10H9F3N4O. The number of nitrogens with two attached hydrogens (primary N) is 1. The van der Waals surface area contributed by atoms with Crippen molar-refractivity contribution < 1.29 is 17.7 Å².